The zero-order chi connectivity index (χ0) is 16.2. The Labute approximate surface area is 141 Å². The van der Waals surface area contributed by atoms with Gasteiger partial charge in [-0.05, 0) is 19.8 Å². The number of carboxylic acid groups (broad SMARTS) is 1. The molecular weight excluding hydrogens is 345 g/mol. The molecule has 1 N–H and O–H groups in total. The Bertz CT molecular complexity index is 880. The van der Waals surface area contributed by atoms with Gasteiger partial charge in [-0.3, -0.25) is 14.2 Å². The van der Waals surface area contributed by atoms with E-state index in [0.29, 0.717) is 0 Å². The smallest absolute Gasteiger partial charge is 0.341 e. The first-order chi connectivity index (χ1) is 10.4. The van der Waals surface area contributed by atoms with Crippen molar-refractivity contribution >= 4 is 25.3 Å². The molecule has 1 aromatic heterocycles. The van der Waals surface area contributed by atoms with Gasteiger partial charge in [-0.2, -0.15) is 4.39 Å². The molecule has 1 aromatic carbocycles. The van der Waals surface area contributed by atoms with Crippen LogP contribution in [0.2, 0.25) is 0 Å². The van der Waals surface area contributed by atoms with Crippen molar-refractivity contribution in [3.63, 3.8) is 0 Å². The fraction of sp³-hybridized carbons (Fsp3) is 0.333. The third-order valence-corrected chi connectivity index (χ3v) is 3.92. The van der Waals surface area contributed by atoms with Crippen LogP contribution in [-0.4, -0.2) is 31.2 Å². The van der Waals surface area contributed by atoms with Crippen molar-refractivity contribution < 1.29 is 32.8 Å². The maximum absolute atomic E-state index is 14.1. The van der Waals surface area contributed by atoms with E-state index >= 15 is 0 Å². The van der Waals surface area contributed by atoms with E-state index < -0.39 is 28.6 Å². The molecule has 1 heterocycles. The van der Waals surface area contributed by atoms with E-state index in [9.17, 15) is 23.5 Å². The molecule has 2 aromatic rings. The van der Waals surface area contributed by atoms with Crippen molar-refractivity contribution in [2.45, 2.75) is 25.8 Å². The Morgan fingerprint density at radius 3 is 2.28 bits per heavy atom. The van der Waals surface area contributed by atoms with Gasteiger partial charge >= 0.3 is 5.97 Å². The number of pyridine rings is 1. The lowest BCUT2D eigenvalue weighted by atomic mass is 10.0. The van der Waals surface area contributed by atoms with Gasteiger partial charge in [0.2, 0.25) is 11.2 Å². The number of aromatic carboxylic acids is 1. The highest BCUT2D eigenvalue weighted by molar-refractivity contribution is 5.96. The quantitative estimate of drug-likeness (QED) is 0.667. The molecular formula is C15H18BF4NO4. The van der Waals surface area contributed by atoms with E-state index in [2.05, 4.69) is 0 Å². The van der Waals surface area contributed by atoms with Crippen LogP contribution in [-0.2, 0) is 0 Å². The molecule has 1 saturated carbocycles. The molecule has 3 rings (SSSR count). The van der Waals surface area contributed by atoms with Gasteiger partial charge in [0.25, 0.3) is 0 Å². The lowest BCUT2D eigenvalue weighted by Gasteiger charge is -2.17. The number of carboxylic acids is 1. The molecule has 1 aliphatic carbocycles. The van der Waals surface area contributed by atoms with E-state index in [-0.39, 0.29) is 46.1 Å². The lowest BCUT2D eigenvalue weighted by Crippen LogP contribution is -2.21. The van der Waals surface area contributed by atoms with Crippen LogP contribution < -0.4 is 10.2 Å². The fourth-order valence-electron chi connectivity index (χ4n) is 2.67. The van der Waals surface area contributed by atoms with Gasteiger partial charge in [0.15, 0.2) is 11.6 Å². The van der Waals surface area contributed by atoms with Crippen LogP contribution >= 0.6 is 0 Å². The third kappa shape index (κ3) is 3.20. The number of aryl methyl sites for hydroxylation is 1. The van der Waals surface area contributed by atoms with Gasteiger partial charge in [0.1, 0.15) is 5.56 Å². The number of fused-ring (bicyclic) bond motifs is 1. The number of rotatable bonds is 3. The predicted molar refractivity (Wildman–Crippen MR) is 89.6 cm³/mol. The molecule has 0 aliphatic heterocycles. The minimum absolute atomic E-state index is 0. The molecule has 0 saturated heterocycles. The zero-order valence-corrected chi connectivity index (χ0v) is 12.8. The first-order valence-corrected chi connectivity index (χ1v) is 6.72. The summed E-state index contributed by atoms with van der Waals surface area (Å²) in [6.07, 6.45) is 2.74. The summed E-state index contributed by atoms with van der Waals surface area (Å²) in [5.74, 6) is -4.15. The standard InChI is InChI=1S/C15H13F2NO4.BH3.2FH/c1-6-9-12(14(22-2)11(17)10(6)16)18(7-3-4-7)5-8(13(9)19)15(20)21;;;/h5,7H,3-4H2,1-2H3,(H,20,21);1H3;2*1H. The van der Waals surface area contributed by atoms with Crippen molar-refractivity contribution in [1.82, 2.24) is 4.57 Å². The van der Waals surface area contributed by atoms with Gasteiger partial charge < -0.3 is 14.4 Å². The fourth-order valence-corrected chi connectivity index (χ4v) is 2.67. The van der Waals surface area contributed by atoms with Crippen LogP contribution in [0.3, 0.4) is 0 Å². The van der Waals surface area contributed by atoms with E-state index in [0.717, 1.165) is 12.8 Å². The monoisotopic (exact) mass is 363 g/mol. The van der Waals surface area contributed by atoms with Gasteiger partial charge in [0, 0.05) is 17.8 Å². The second kappa shape index (κ2) is 7.58. The highest BCUT2D eigenvalue weighted by Crippen LogP contribution is 2.41. The summed E-state index contributed by atoms with van der Waals surface area (Å²) in [6.45, 7) is 1.25. The molecule has 1 fully saturated rings. The Morgan fingerprint density at radius 1 is 1.28 bits per heavy atom. The minimum atomic E-state index is -1.40. The van der Waals surface area contributed by atoms with E-state index in [1.54, 1.807) is 0 Å². The minimum Gasteiger partial charge on any atom is -0.491 e. The molecule has 0 unspecified atom stereocenters. The van der Waals surface area contributed by atoms with Crippen molar-refractivity contribution in [3.05, 3.63) is 39.2 Å². The highest BCUT2D eigenvalue weighted by Gasteiger charge is 2.31. The molecule has 138 valence electrons. The summed E-state index contributed by atoms with van der Waals surface area (Å²) in [5, 5.41) is 9.03. The number of hydrogen-bond acceptors (Lipinski definition) is 3. The van der Waals surface area contributed by atoms with Crippen LogP contribution in [0.15, 0.2) is 11.0 Å². The lowest BCUT2D eigenvalue weighted by molar-refractivity contribution is 0.0695. The molecule has 0 atom stereocenters. The molecule has 5 nitrogen and oxygen atoms in total. The summed E-state index contributed by atoms with van der Waals surface area (Å²) in [7, 11) is 1.18. The van der Waals surface area contributed by atoms with Crippen molar-refractivity contribution in [1.29, 1.82) is 0 Å². The summed E-state index contributed by atoms with van der Waals surface area (Å²) >= 11 is 0. The predicted octanol–water partition coefficient (Wildman–Crippen LogP) is 1.75. The van der Waals surface area contributed by atoms with Gasteiger partial charge in [-0.1, -0.05) is 0 Å². The molecule has 0 spiro atoms. The maximum Gasteiger partial charge on any atom is 0.341 e. The van der Waals surface area contributed by atoms with Crippen molar-refractivity contribution in [2.24, 2.45) is 0 Å². The molecule has 0 bridgehead atoms. The van der Waals surface area contributed by atoms with Crippen molar-refractivity contribution in [3.8, 4) is 5.75 Å². The SMILES string of the molecule is B.COc1c(F)c(F)c(C)c2c(=O)c(C(=O)O)cn(C3CC3)c12.F.F. The van der Waals surface area contributed by atoms with Crippen LogP contribution in [0.5, 0.6) is 5.75 Å². The third-order valence-electron chi connectivity index (χ3n) is 3.92. The maximum atomic E-state index is 14.1. The number of aromatic nitrogens is 1. The molecule has 25 heavy (non-hydrogen) atoms. The van der Waals surface area contributed by atoms with E-state index in [1.807, 2.05) is 0 Å². The van der Waals surface area contributed by atoms with Crippen LogP contribution in [0.25, 0.3) is 10.9 Å². The number of hydrogen-bond donors (Lipinski definition) is 1. The average Bonchev–Trinajstić information content (AvgIpc) is 3.29. The highest BCUT2D eigenvalue weighted by atomic mass is 19.2. The molecule has 0 radical (unpaired) electrons. The number of nitrogens with zero attached hydrogens (tertiary/aromatic N) is 1. The Morgan fingerprint density at radius 2 is 1.84 bits per heavy atom. The number of benzene rings is 1. The number of methoxy groups -OCH3 is 1. The zero-order valence-electron chi connectivity index (χ0n) is 12.8. The van der Waals surface area contributed by atoms with Crippen LogP contribution in [0.1, 0.15) is 34.8 Å². The molecule has 1 aliphatic rings. The largest absolute Gasteiger partial charge is 0.491 e. The topological polar surface area (TPSA) is 68.5 Å². The second-order valence-electron chi connectivity index (χ2n) is 5.33. The van der Waals surface area contributed by atoms with Crippen LogP contribution in [0, 0.1) is 18.6 Å². The summed E-state index contributed by atoms with van der Waals surface area (Å²) in [4.78, 5) is 23.6. The number of ether oxygens (including phenoxy) is 1. The summed E-state index contributed by atoms with van der Waals surface area (Å²) in [5.41, 5.74) is -1.41. The second-order valence-corrected chi connectivity index (χ2v) is 5.33. The Hall–Kier alpha value is -2.52. The van der Waals surface area contributed by atoms with Gasteiger partial charge in [0.05, 0.1) is 26.4 Å². The Kier molecular flexibility index (Phi) is 6.82. The molecule has 0 amide bonds. The van der Waals surface area contributed by atoms with Gasteiger partial charge in [-0.15, -0.1) is 0 Å². The first kappa shape index (κ1) is 22.5. The van der Waals surface area contributed by atoms with Gasteiger partial charge in [-0.25, -0.2) is 9.18 Å². The average molecular weight is 363 g/mol. The number of halogens is 4. The Balaban J connectivity index is 0.00000192. The normalized spacial score (nSPS) is 12.6. The molecule has 10 heteroatoms. The summed E-state index contributed by atoms with van der Waals surface area (Å²) < 4.78 is 34.6. The van der Waals surface area contributed by atoms with E-state index in [4.69, 9.17) is 4.74 Å². The first-order valence-electron chi connectivity index (χ1n) is 6.72. The summed E-state index contributed by atoms with van der Waals surface area (Å²) in [6, 6.07) is -0.0423. The van der Waals surface area contributed by atoms with Crippen LogP contribution in [0.4, 0.5) is 18.2 Å². The number of carbonyl (C=O) groups is 1. The van der Waals surface area contributed by atoms with Crippen molar-refractivity contribution in [2.75, 3.05) is 7.11 Å². The van der Waals surface area contributed by atoms with E-state index in [1.165, 1.54) is 24.8 Å².